The zero-order valence-electron chi connectivity index (χ0n) is 10.7. The van der Waals surface area contributed by atoms with Crippen LogP contribution in [0.5, 0.6) is 0 Å². The summed E-state index contributed by atoms with van der Waals surface area (Å²) in [5.74, 6) is 0. The molecule has 1 saturated heterocycles. The predicted octanol–water partition coefficient (Wildman–Crippen LogP) is 2.14. The summed E-state index contributed by atoms with van der Waals surface area (Å²) in [4.78, 5) is 0.245. The van der Waals surface area contributed by atoms with E-state index in [1.807, 2.05) is 6.92 Å². The molecule has 2 rings (SSSR count). The molecule has 1 aromatic rings. The van der Waals surface area contributed by atoms with Crippen molar-refractivity contribution in [3.05, 3.63) is 23.8 Å². The van der Waals surface area contributed by atoms with Crippen molar-refractivity contribution >= 4 is 15.7 Å². The standard InChI is InChI=1S/C13H20N2O2S/c1-11-6-7-13(12(14)10-11)18(16,17)15-8-4-2-3-5-9-15/h6-7,10H,2-5,8-9,14H2,1H3. The van der Waals surface area contributed by atoms with Crippen LogP contribution in [-0.2, 0) is 10.0 Å². The Morgan fingerprint density at radius 2 is 1.72 bits per heavy atom. The number of hydrogen-bond donors (Lipinski definition) is 1. The lowest BCUT2D eigenvalue weighted by atomic mass is 10.2. The Bertz CT molecular complexity index is 518. The number of anilines is 1. The Kier molecular flexibility index (Phi) is 3.92. The molecular weight excluding hydrogens is 248 g/mol. The average Bonchev–Trinajstić information content (AvgIpc) is 2.57. The Morgan fingerprint density at radius 1 is 1.11 bits per heavy atom. The van der Waals surface area contributed by atoms with Crippen LogP contribution in [0.15, 0.2) is 23.1 Å². The molecule has 2 N–H and O–H groups in total. The van der Waals surface area contributed by atoms with Gasteiger partial charge in [-0.25, -0.2) is 8.42 Å². The molecule has 0 unspecified atom stereocenters. The third kappa shape index (κ3) is 2.67. The zero-order chi connectivity index (χ0) is 13.2. The highest BCUT2D eigenvalue weighted by Gasteiger charge is 2.26. The van der Waals surface area contributed by atoms with Gasteiger partial charge in [0.05, 0.1) is 5.69 Å². The first-order chi connectivity index (χ1) is 8.51. The van der Waals surface area contributed by atoms with E-state index in [4.69, 9.17) is 5.73 Å². The Morgan fingerprint density at radius 3 is 2.28 bits per heavy atom. The van der Waals surface area contributed by atoms with Gasteiger partial charge in [0.25, 0.3) is 0 Å². The minimum absolute atomic E-state index is 0.245. The molecule has 5 heteroatoms. The van der Waals surface area contributed by atoms with Crippen LogP contribution in [0.1, 0.15) is 31.2 Å². The summed E-state index contributed by atoms with van der Waals surface area (Å²) in [6.45, 7) is 3.12. The topological polar surface area (TPSA) is 63.4 Å². The molecule has 1 aliphatic rings. The molecular formula is C13H20N2O2S. The molecule has 1 heterocycles. The molecule has 0 saturated carbocycles. The van der Waals surface area contributed by atoms with E-state index in [2.05, 4.69) is 0 Å². The van der Waals surface area contributed by atoms with Crippen molar-refractivity contribution in [2.45, 2.75) is 37.5 Å². The first-order valence-electron chi connectivity index (χ1n) is 6.38. The van der Waals surface area contributed by atoms with Gasteiger partial charge >= 0.3 is 0 Å². The molecule has 0 amide bonds. The molecule has 0 bridgehead atoms. The maximum Gasteiger partial charge on any atom is 0.245 e. The molecule has 0 spiro atoms. The van der Waals surface area contributed by atoms with E-state index in [1.165, 1.54) is 0 Å². The lowest BCUT2D eigenvalue weighted by molar-refractivity contribution is 0.424. The smallest absolute Gasteiger partial charge is 0.245 e. The summed E-state index contributed by atoms with van der Waals surface area (Å²) in [5.41, 5.74) is 7.17. The summed E-state index contributed by atoms with van der Waals surface area (Å²) < 4.78 is 26.6. The zero-order valence-corrected chi connectivity index (χ0v) is 11.5. The highest BCUT2D eigenvalue weighted by molar-refractivity contribution is 7.89. The Labute approximate surface area is 109 Å². The molecule has 0 aromatic heterocycles. The molecule has 0 atom stereocenters. The van der Waals surface area contributed by atoms with Crippen molar-refractivity contribution in [1.82, 2.24) is 4.31 Å². The molecule has 4 nitrogen and oxygen atoms in total. The van der Waals surface area contributed by atoms with Crippen molar-refractivity contribution in [3.8, 4) is 0 Å². The highest BCUT2D eigenvalue weighted by Crippen LogP contribution is 2.25. The summed E-state index contributed by atoms with van der Waals surface area (Å²) in [7, 11) is -3.42. The fourth-order valence-electron chi connectivity index (χ4n) is 2.32. The van der Waals surface area contributed by atoms with Crippen molar-refractivity contribution in [2.75, 3.05) is 18.8 Å². The van der Waals surface area contributed by atoms with E-state index in [1.54, 1.807) is 22.5 Å². The van der Waals surface area contributed by atoms with Crippen LogP contribution in [0.2, 0.25) is 0 Å². The number of nitrogen functional groups attached to an aromatic ring is 1. The summed E-state index contributed by atoms with van der Waals surface area (Å²) in [6, 6.07) is 5.12. The van der Waals surface area contributed by atoms with Gasteiger partial charge in [0.2, 0.25) is 10.0 Å². The molecule has 0 radical (unpaired) electrons. The predicted molar refractivity (Wildman–Crippen MR) is 72.8 cm³/mol. The van der Waals surface area contributed by atoms with Crippen LogP contribution in [0.4, 0.5) is 5.69 Å². The summed E-state index contributed by atoms with van der Waals surface area (Å²) in [6.07, 6.45) is 4.08. The minimum atomic E-state index is -3.42. The molecule has 1 aromatic carbocycles. The molecule has 100 valence electrons. The number of aryl methyl sites for hydroxylation is 1. The lowest BCUT2D eigenvalue weighted by Gasteiger charge is -2.21. The first-order valence-corrected chi connectivity index (χ1v) is 7.82. The summed E-state index contributed by atoms with van der Waals surface area (Å²) >= 11 is 0. The van der Waals surface area contributed by atoms with Gasteiger partial charge in [-0.05, 0) is 37.5 Å². The largest absolute Gasteiger partial charge is 0.398 e. The maximum atomic E-state index is 12.5. The van der Waals surface area contributed by atoms with Gasteiger partial charge in [-0.3, -0.25) is 0 Å². The number of hydrogen-bond acceptors (Lipinski definition) is 3. The quantitative estimate of drug-likeness (QED) is 0.836. The van der Waals surface area contributed by atoms with Crippen molar-refractivity contribution in [2.24, 2.45) is 0 Å². The lowest BCUT2D eigenvalue weighted by Crippen LogP contribution is -2.32. The first kappa shape index (κ1) is 13.4. The van der Waals surface area contributed by atoms with Crippen LogP contribution in [0.3, 0.4) is 0 Å². The van der Waals surface area contributed by atoms with E-state index in [-0.39, 0.29) is 4.90 Å². The normalized spacial score (nSPS) is 18.5. The molecule has 1 fully saturated rings. The van der Waals surface area contributed by atoms with E-state index in [0.29, 0.717) is 18.8 Å². The van der Waals surface area contributed by atoms with E-state index in [9.17, 15) is 8.42 Å². The second-order valence-corrected chi connectivity index (χ2v) is 6.77. The number of nitrogens with two attached hydrogens (primary N) is 1. The third-order valence-corrected chi connectivity index (χ3v) is 5.32. The van der Waals surface area contributed by atoms with E-state index < -0.39 is 10.0 Å². The van der Waals surface area contributed by atoms with Crippen LogP contribution in [0, 0.1) is 6.92 Å². The van der Waals surface area contributed by atoms with E-state index in [0.717, 1.165) is 31.2 Å². The molecule has 1 aliphatic heterocycles. The second kappa shape index (κ2) is 5.28. The number of benzene rings is 1. The fraction of sp³-hybridized carbons (Fsp3) is 0.538. The summed E-state index contributed by atoms with van der Waals surface area (Å²) in [5, 5.41) is 0. The van der Waals surface area contributed by atoms with Crippen molar-refractivity contribution in [3.63, 3.8) is 0 Å². The third-order valence-electron chi connectivity index (χ3n) is 3.35. The van der Waals surface area contributed by atoms with Crippen LogP contribution < -0.4 is 5.73 Å². The van der Waals surface area contributed by atoms with Gasteiger partial charge in [0, 0.05) is 13.1 Å². The number of sulfonamides is 1. The van der Waals surface area contributed by atoms with Gasteiger partial charge in [-0.2, -0.15) is 4.31 Å². The SMILES string of the molecule is Cc1ccc(S(=O)(=O)N2CCCCCC2)c(N)c1. The van der Waals surface area contributed by atoms with Gasteiger partial charge in [0.15, 0.2) is 0 Å². The van der Waals surface area contributed by atoms with Crippen LogP contribution in [0.25, 0.3) is 0 Å². The van der Waals surface area contributed by atoms with Gasteiger partial charge in [-0.1, -0.05) is 18.9 Å². The number of rotatable bonds is 2. The second-order valence-electron chi connectivity index (χ2n) is 4.86. The highest BCUT2D eigenvalue weighted by atomic mass is 32.2. The van der Waals surface area contributed by atoms with E-state index >= 15 is 0 Å². The van der Waals surface area contributed by atoms with Gasteiger partial charge < -0.3 is 5.73 Å². The fourth-order valence-corrected chi connectivity index (χ4v) is 3.94. The van der Waals surface area contributed by atoms with Gasteiger partial charge in [-0.15, -0.1) is 0 Å². The van der Waals surface area contributed by atoms with Crippen molar-refractivity contribution in [1.29, 1.82) is 0 Å². The Balaban J connectivity index is 2.34. The van der Waals surface area contributed by atoms with Gasteiger partial charge in [0.1, 0.15) is 4.90 Å². The Hall–Kier alpha value is -1.07. The van der Waals surface area contributed by atoms with Crippen molar-refractivity contribution < 1.29 is 8.42 Å². The monoisotopic (exact) mass is 268 g/mol. The molecule has 18 heavy (non-hydrogen) atoms. The molecule has 0 aliphatic carbocycles. The maximum absolute atomic E-state index is 12.5. The number of nitrogens with zero attached hydrogens (tertiary/aromatic N) is 1. The minimum Gasteiger partial charge on any atom is -0.398 e. The average molecular weight is 268 g/mol. The van der Waals surface area contributed by atoms with Crippen LogP contribution in [-0.4, -0.2) is 25.8 Å². The van der Waals surface area contributed by atoms with Crippen LogP contribution >= 0.6 is 0 Å².